The molecule has 8 rings (SSSR count). The van der Waals surface area contributed by atoms with Gasteiger partial charge >= 0.3 is 0 Å². The van der Waals surface area contributed by atoms with E-state index in [1.54, 1.807) is 0 Å². The lowest BCUT2D eigenvalue weighted by molar-refractivity contribution is 1.10. The van der Waals surface area contributed by atoms with Gasteiger partial charge in [-0.3, -0.25) is 4.57 Å². The minimum atomic E-state index is 1.12. The highest BCUT2D eigenvalue weighted by atomic mass is 15.1. The van der Waals surface area contributed by atoms with Gasteiger partial charge in [0.05, 0.1) is 11.0 Å². The number of rotatable bonds is 5. The molecule has 194 valence electrons. The predicted octanol–water partition coefficient (Wildman–Crippen LogP) is 10.2. The molecule has 3 nitrogen and oxygen atoms in total. The van der Waals surface area contributed by atoms with Crippen LogP contribution >= 0.6 is 0 Å². The van der Waals surface area contributed by atoms with Gasteiger partial charge in [-0.15, -0.1) is 0 Å². The lowest BCUT2D eigenvalue weighted by Gasteiger charge is -2.25. The molecule has 41 heavy (non-hydrogen) atoms. The van der Waals surface area contributed by atoms with Crippen molar-refractivity contribution in [3.63, 3.8) is 0 Å². The molecule has 0 radical (unpaired) electrons. The Morgan fingerprint density at radius 3 is 1.66 bits per heavy atom. The van der Waals surface area contributed by atoms with Crippen molar-refractivity contribution in [2.45, 2.75) is 0 Å². The van der Waals surface area contributed by atoms with E-state index in [-0.39, 0.29) is 0 Å². The maximum atomic E-state index is 2.39. The molecule has 5 aromatic carbocycles. The summed E-state index contributed by atoms with van der Waals surface area (Å²) in [6.45, 7) is 0. The summed E-state index contributed by atoms with van der Waals surface area (Å²) in [5.74, 6) is 0. The van der Waals surface area contributed by atoms with E-state index in [9.17, 15) is 0 Å². The van der Waals surface area contributed by atoms with Crippen molar-refractivity contribution in [2.75, 3.05) is 4.90 Å². The van der Waals surface area contributed by atoms with Crippen LogP contribution in [-0.2, 0) is 0 Å². The molecule has 0 amide bonds. The molecule has 0 atom stereocenters. The molecule has 0 unspecified atom stereocenters. The van der Waals surface area contributed by atoms with Gasteiger partial charge in [0.25, 0.3) is 0 Å². The molecule has 0 fully saturated rings. The van der Waals surface area contributed by atoms with Crippen LogP contribution in [0, 0.1) is 0 Å². The maximum absolute atomic E-state index is 2.39. The van der Waals surface area contributed by atoms with Crippen molar-refractivity contribution < 1.29 is 0 Å². The Hall–Kier alpha value is -5.54. The summed E-state index contributed by atoms with van der Waals surface area (Å²) in [5.41, 5.74) is 10.6. The molecule has 0 aliphatic rings. The topological polar surface area (TPSA) is 12.6 Å². The van der Waals surface area contributed by atoms with Crippen LogP contribution in [0.2, 0.25) is 0 Å². The second kappa shape index (κ2) is 9.58. The van der Waals surface area contributed by atoms with Gasteiger partial charge in [-0.1, -0.05) is 91.0 Å². The molecule has 3 heteroatoms. The van der Waals surface area contributed by atoms with Gasteiger partial charge in [-0.05, 0) is 72.3 Å². The molecule has 0 saturated heterocycles. The quantitative estimate of drug-likeness (QED) is 0.218. The van der Waals surface area contributed by atoms with Crippen LogP contribution in [0.3, 0.4) is 0 Å². The van der Waals surface area contributed by atoms with Crippen LogP contribution in [0.25, 0.3) is 44.3 Å². The second-order valence-corrected chi connectivity index (χ2v) is 10.3. The first-order chi connectivity index (χ1) is 20.4. The zero-order valence-corrected chi connectivity index (χ0v) is 22.4. The lowest BCUT2D eigenvalue weighted by atomic mass is 10.0. The summed E-state index contributed by atoms with van der Waals surface area (Å²) in [4.78, 5) is 2.30. The average molecular weight is 526 g/mol. The summed E-state index contributed by atoms with van der Waals surface area (Å²) in [6.07, 6.45) is 2.18. The maximum Gasteiger partial charge on any atom is 0.131 e. The number of hydrogen-bond donors (Lipinski definition) is 0. The molecule has 0 bridgehead atoms. The smallest absolute Gasteiger partial charge is 0.131 e. The highest BCUT2D eigenvalue weighted by Crippen LogP contribution is 2.43. The standard InChI is InChI=1S/C38H27N3/c1-4-14-29(15-5-1)40(30-16-6-2-7-17-30)32-25-23-28(24-26-32)36-35-22-12-13-27-39(35)38-37(36)33-20-10-11-21-34(33)41(38)31-18-8-3-9-19-31/h1-27H. The number of aromatic nitrogens is 2. The van der Waals surface area contributed by atoms with E-state index < -0.39 is 0 Å². The van der Waals surface area contributed by atoms with Crippen molar-refractivity contribution in [1.29, 1.82) is 0 Å². The highest BCUT2D eigenvalue weighted by Gasteiger charge is 2.22. The fourth-order valence-electron chi connectivity index (χ4n) is 6.17. The Morgan fingerprint density at radius 1 is 0.439 bits per heavy atom. The predicted molar refractivity (Wildman–Crippen MR) is 172 cm³/mol. The van der Waals surface area contributed by atoms with Gasteiger partial charge in [-0.2, -0.15) is 0 Å². The van der Waals surface area contributed by atoms with E-state index in [0.29, 0.717) is 0 Å². The van der Waals surface area contributed by atoms with Gasteiger partial charge in [-0.25, -0.2) is 0 Å². The average Bonchev–Trinajstić information content (AvgIpc) is 3.56. The van der Waals surface area contributed by atoms with Gasteiger partial charge in [0.2, 0.25) is 0 Å². The third-order valence-corrected chi connectivity index (χ3v) is 7.90. The Balaban J connectivity index is 1.37. The van der Waals surface area contributed by atoms with Gasteiger partial charge in [0.15, 0.2) is 0 Å². The third-order valence-electron chi connectivity index (χ3n) is 7.90. The highest BCUT2D eigenvalue weighted by molar-refractivity contribution is 6.19. The van der Waals surface area contributed by atoms with Crippen molar-refractivity contribution in [3.05, 3.63) is 164 Å². The second-order valence-electron chi connectivity index (χ2n) is 10.3. The summed E-state index contributed by atoms with van der Waals surface area (Å²) >= 11 is 0. The van der Waals surface area contributed by atoms with E-state index >= 15 is 0 Å². The normalized spacial score (nSPS) is 11.4. The first kappa shape index (κ1) is 23.4. The number of anilines is 3. The number of nitrogens with zero attached hydrogens (tertiary/aromatic N) is 3. The SMILES string of the molecule is c1ccc(N(c2ccccc2)c2ccc(-c3c4c5ccccc5n(-c5ccccc5)c4n4ccccc34)cc2)cc1. The van der Waals surface area contributed by atoms with Gasteiger partial charge < -0.3 is 9.30 Å². The molecule has 0 spiro atoms. The van der Waals surface area contributed by atoms with Crippen molar-refractivity contribution >= 4 is 44.5 Å². The fourth-order valence-corrected chi connectivity index (χ4v) is 6.17. The van der Waals surface area contributed by atoms with Crippen LogP contribution in [0.4, 0.5) is 17.1 Å². The molecular formula is C38H27N3. The lowest BCUT2D eigenvalue weighted by Crippen LogP contribution is -2.09. The summed E-state index contributed by atoms with van der Waals surface area (Å²) in [5, 5.41) is 2.52. The number of benzene rings is 5. The Kier molecular flexibility index (Phi) is 5.46. The Labute approximate surface area is 238 Å². The molecule has 3 aromatic heterocycles. The van der Waals surface area contributed by atoms with Crippen molar-refractivity contribution in [2.24, 2.45) is 0 Å². The van der Waals surface area contributed by atoms with E-state index in [1.807, 2.05) is 0 Å². The van der Waals surface area contributed by atoms with Crippen molar-refractivity contribution in [3.8, 4) is 16.8 Å². The van der Waals surface area contributed by atoms with Crippen LogP contribution < -0.4 is 4.90 Å². The van der Waals surface area contributed by atoms with Crippen molar-refractivity contribution in [1.82, 2.24) is 8.97 Å². The molecular weight excluding hydrogens is 498 g/mol. The van der Waals surface area contributed by atoms with Gasteiger partial charge in [0, 0.05) is 45.3 Å². The number of pyridine rings is 1. The fraction of sp³-hybridized carbons (Fsp3) is 0. The first-order valence-corrected chi connectivity index (χ1v) is 14.0. The minimum Gasteiger partial charge on any atom is -0.311 e. The number of para-hydroxylation sites is 4. The van der Waals surface area contributed by atoms with Crippen LogP contribution in [0.15, 0.2) is 164 Å². The van der Waals surface area contributed by atoms with E-state index in [0.717, 1.165) is 22.7 Å². The Bertz CT molecular complexity index is 2080. The third kappa shape index (κ3) is 3.75. The summed E-state index contributed by atoms with van der Waals surface area (Å²) < 4.78 is 4.73. The molecule has 0 saturated carbocycles. The first-order valence-electron chi connectivity index (χ1n) is 14.0. The minimum absolute atomic E-state index is 1.12. The summed E-state index contributed by atoms with van der Waals surface area (Å²) in [6, 6.07) is 56.0. The molecule has 0 aliphatic heterocycles. The monoisotopic (exact) mass is 525 g/mol. The van der Waals surface area contributed by atoms with Crippen LogP contribution in [0.1, 0.15) is 0 Å². The zero-order valence-electron chi connectivity index (χ0n) is 22.4. The largest absolute Gasteiger partial charge is 0.311 e. The van der Waals surface area contributed by atoms with E-state index in [1.165, 1.54) is 38.6 Å². The van der Waals surface area contributed by atoms with E-state index in [4.69, 9.17) is 0 Å². The van der Waals surface area contributed by atoms with Crippen LogP contribution in [0.5, 0.6) is 0 Å². The molecule has 0 N–H and O–H groups in total. The Morgan fingerprint density at radius 2 is 0.976 bits per heavy atom. The van der Waals surface area contributed by atoms with Crippen LogP contribution in [-0.4, -0.2) is 8.97 Å². The number of hydrogen-bond acceptors (Lipinski definition) is 1. The summed E-state index contributed by atoms with van der Waals surface area (Å²) in [7, 11) is 0. The van der Waals surface area contributed by atoms with E-state index in [2.05, 4.69) is 178 Å². The molecule has 3 heterocycles. The zero-order chi connectivity index (χ0) is 27.2. The number of fused-ring (bicyclic) bond motifs is 5. The molecule has 8 aromatic rings. The van der Waals surface area contributed by atoms with Gasteiger partial charge in [0.1, 0.15) is 5.65 Å². The molecule has 0 aliphatic carbocycles.